The Labute approximate surface area is 61.1 Å². The topological polar surface area (TPSA) is 12.0 Å². The SMILES string of the molecule is C#CCC1=CC=CC=CN1. The summed E-state index contributed by atoms with van der Waals surface area (Å²) in [7, 11) is 0. The molecule has 0 fully saturated rings. The molecule has 0 aromatic rings. The van der Waals surface area contributed by atoms with Crippen molar-refractivity contribution in [3.63, 3.8) is 0 Å². The van der Waals surface area contributed by atoms with Crippen molar-refractivity contribution in [3.8, 4) is 12.3 Å². The van der Waals surface area contributed by atoms with Crippen LogP contribution in [0, 0.1) is 12.3 Å². The molecule has 0 saturated carbocycles. The van der Waals surface area contributed by atoms with Gasteiger partial charge in [0.05, 0.1) is 0 Å². The summed E-state index contributed by atoms with van der Waals surface area (Å²) in [5.41, 5.74) is 1.06. The van der Waals surface area contributed by atoms with Crippen LogP contribution in [0.5, 0.6) is 0 Å². The third-order valence-corrected chi connectivity index (χ3v) is 1.18. The predicted octanol–water partition coefficient (Wildman–Crippen LogP) is 1.57. The van der Waals surface area contributed by atoms with E-state index in [9.17, 15) is 0 Å². The number of hydrogen-bond acceptors (Lipinski definition) is 1. The molecule has 1 heterocycles. The minimum atomic E-state index is 0.661. The second-order valence-corrected chi connectivity index (χ2v) is 1.96. The first kappa shape index (κ1) is 6.70. The summed E-state index contributed by atoms with van der Waals surface area (Å²) < 4.78 is 0. The Kier molecular flexibility index (Phi) is 2.39. The average Bonchev–Trinajstić information content (AvgIpc) is 2.17. The van der Waals surface area contributed by atoms with Crippen molar-refractivity contribution in [3.05, 3.63) is 36.2 Å². The Balaban J connectivity index is 2.61. The standard InChI is InChI=1S/C9H9N/c1-2-6-9-7-4-3-5-8-10-9/h1,3-5,7-8,10H,6H2. The van der Waals surface area contributed by atoms with Crippen LogP contribution in [0.1, 0.15) is 6.42 Å². The molecule has 50 valence electrons. The van der Waals surface area contributed by atoms with E-state index in [2.05, 4.69) is 11.2 Å². The molecule has 0 bridgehead atoms. The zero-order valence-corrected chi connectivity index (χ0v) is 5.67. The molecule has 0 aliphatic carbocycles. The van der Waals surface area contributed by atoms with Gasteiger partial charge in [0.2, 0.25) is 0 Å². The molecule has 0 amide bonds. The van der Waals surface area contributed by atoms with E-state index in [1.165, 1.54) is 0 Å². The first-order valence-corrected chi connectivity index (χ1v) is 3.16. The maximum atomic E-state index is 5.13. The molecular weight excluding hydrogens is 122 g/mol. The van der Waals surface area contributed by atoms with E-state index in [0.717, 1.165) is 5.70 Å². The number of terminal acetylenes is 1. The zero-order chi connectivity index (χ0) is 7.23. The lowest BCUT2D eigenvalue weighted by Gasteiger charge is -1.98. The molecule has 1 rings (SSSR count). The van der Waals surface area contributed by atoms with E-state index in [1.54, 1.807) is 0 Å². The van der Waals surface area contributed by atoms with Crippen LogP contribution in [0.3, 0.4) is 0 Å². The Morgan fingerprint density at radius 3 is 3.10 bits per heavy atom. The van der Waals surface area contributed by atoms with Crippen LogP contribution in [0.2, 0.25) is 0 Å². The fourth-order valence-electron chi connectivity index (χ4n) is 0.715. The van der Waals surface area contributed by atoms with Crippen molar-refractivity contribution in [1.29, 1.82) is 0 Å². The van der Waals surface area contributed by atoms with Gasteiger partial charge in [-0.25, -0.2) is 0 Å². The van der Waals surface area contributed by atoms with Gasteiger partial charge in [-0.15, -0.1) is 12.3 Å². The smallest absolute Gasteiger partial charge is 0.0488 e. The highest BCUT2D eigenvalue weighted by atomic mass is 14.8. The van der Waals surface area contributed by atoms with Crippen LogP contribution in [0.25, 0.3) is 0 Å². The van der Waals surface area contributed by atoms with Crippen molar-refractivity contribution in [2.75, 3.05) is 0 Å². The lowest BCUT2D eigenvalue weighted by Crippen LogP contribution is -2.02. The second kappa shape index (κ2) is 3.58. The molecule has 0 saturated heterocycles. The maximum absolute atomic E-state index is 5.13. The second-order valence-electron chi connectivity index (χ2n) is 1.96. The summed E-state index contributed by atoms with van der Waals surface area (Å²) in [6, 6.07) is 0. The average molecular weight is 131 g/mol. The van der Waals surface area contributed by atoms with E-state index < -0.39 is 0 Å². The maximum Gasteiger partial charge on any atom is 0.0488 e. The number of allylic oxidation sites excluding steroid dienone is 5. The molecule has 0 aromatic carbocycles. The largest absolute Gasteiger partial charge is 0.364 e. The van der Waals surface area contributed by atoms with Crippen molar-refractivity contribution < 1.29 is 0 Å². The molecular formula is C9H9N. The van der Waals surface area contributed by atoms with Gasteiger partial charge in [0.15, 0.2) is 0 Å². The highest BCUT2D eigenvalue weighted by Gasteiger charge is 1.89. The van der Waals surface area contributed by atoms with E-state index >= 15 is 0 Å². The summed E-state index contributed by atoms with van der Waals surface area (Å²) in [5, 5.41) is 3.06. The first-order chi connectivity index (χ1) is 4.93. The monoisotopic (exact) mass is 131 g/mol. The van der Waals surface area contributed by atoms with Gasteiger partial charge in [0, 0.05) is 18.3 Å². The highest BCUT2D eigenvalue weighted by Crippen LogP contribution is 1.98. The summed E-state index contributed by atoms with van der Waals surface area (Å²) in [6.07, 6.45) is 15.5. The van der Waals surface area contributed by atoms with Crippen molar-refractivity contribution in [2.45, 2.75) is 6.42 Å². The van der Waals surface area contributed by atoms with E-state index in [0.29, 0.717) is 6.42 Å². The van der Waals surface area contributed by atoms with Gasteiger partial charge in [-0.3, -0.25) is 0 Å². The van der Waals surface area contributed by atoms with Gasteiger partial charge in [-0.2, -0.15) is 0 Å². The first-order valence-electron chi connectivity index (χ1n) is 3.16. The number of nitrogens with one attached hydrogen (secondary N) is 1. The van der Waals surface area contributed by atoms with E-state index in [4.69, 9.17) is 6.42 Å². The van der Waals surface area contributed by atoms with Gasteiger partial charge in [-0.1, -0.05) is 12.2 Å². The van der Waals surface area contributed by atoms with Gasteiger partial charge < -0.3 is 5.32 Å². The van der Waals surface area contributed by atoms with E-state index in [1.807, 2.05) is 30.5 Å². The minimum Gasteiger partial charge on any atom is -0.364 e. The third kappa shape index (κ3) is 1.83. The van der Waals surface area contributed by atoms with Gasteiger partial charge >= 0.3 is 0 Å². The lowest BCUT2D eigenvalue weighted by molar-refractivity contribution is 1.01. The number of rotatable bonds is 1. The van der Waals surface area contributed by atoms with Gasteiger partial charge in [0.1, 0.15) is 0 Å². The van der Waals surface area contributed by atoms with Crippen molar-refractivity contribution >= 4 is 0 Å². The van der Waals surface area contributed by atoms with Crippen LogP contribution in [0.15, 0.2) is 36.2 Å². The third-order valence-electron chi connectivity index (χ3n) is 1.18. The van der Waals surface area contributed by atoms with Crippen LogP contribution >= 0.6 is 0 Å². The quantitative estimate of drug-likeness (QED) is 0.532. The van der Waals surface area contributed by atoms with Crippen molar-refractivity contribution in [1.82, 2.24) is 5.32 Å². The van der Waals surface area contributed by atoms with Gasteiger partial charge in [-0.05, 0) is 12.2 Å². The number of hydrogen-bond donors (Lipinski definition) is 1. The molecule has 1 nitrogen and oxygen atoms in total. The molecule has 0 atom stereocenters. The Morgan fingerprint density at radius 1 is 1.40 bits per heavy atom. The highest BCUT2D eigenvalue weighted by molar-refractivity contribution is 5.23. The summed E-state index contributed by atoms with van der Waals surface area (Å²) >= 11 is 0. The van der Waals surface area contributed by atoms with Crippen LogP contribution in [0.4, 0.5) is 0 Å². The van der Waals surface area contributed by atoms with Crippen molar-refractivity contribution in [2.24, 2.45) is 0 Å². The lowest BCUT2D eigenvalue weighted by atomic mass is 10.3. The van der Waals surface area contributed by atoms with Crippen LogP contribution in [-0.2, 0) is 0 Å². The van der Waals surface area contributed by atoms with Crippen LogP contribution < -0.4 is 5.32 Å². The molecule has 1 heteroatoms. The molecule has 0 aromatic heterocycles. The molecule has 10 heavy (non-hydrogen) atoms. The molecule has 1 N–H and O–H groups in total. The Morgan fingerprint density at radius 2 is 2.30 bits per heavy atom. The van der Waals surface area contributed by atoms with E-state index in [-0.39, 0.29) is 0 Å². The summed E-state index contributed by atoms with van der Waals surface area (Å²) in [5.74, 6) is 2.57. The normalized spacial score (nSPS) is 14.9. The Hall–Kier alpha value is -1.42. The molecule has 0 spiro atoms. The molecule has 1 aliphatic heterocycles. The van der Waals surface area contributed by atoms with Crippen LogP contribution in [-0.4, -0.2) is 0 Å². The fraction of sp³-hybridized carbons (Fsp3) is 0.111. The summed E-state index contributed by atoms with van der Waals surface area (Å²) in [6.45, 7) is 0. The molecule has 0 radical (unpaired) electrons. The molecule has 1 aliphatic rings. The van der Waals surface area contributed by atoms with Gasteiger partial charge in [0.25, 0.3) is 0 Å². The summed E-state index contributed by atoms with van der Waals surface area (Å²) in [4.78, 5) is 0. The zero-order valence-electron chi connectivity index (χ0n) is 5.67. The predicted molar refractivity (Wildman–Crippen MR) is 42.9 cm³/mol. The fourth-order valence-corrected chi connectivity index (χ4v) is 0.715. The molecule has 0 unspecified atom stereocenters. The minimum absolute atomic E-state index is 0.661. The Bertz CT molecular complexity index is 226.